The molecule has 0 aliphatic heterocycles. The van der Waals surface area contributed by atoms with Gasteiger partial charge in [0, 0.05) is 12.6 Å². The molecule has 6 heteroatoms. The minimum atomic E-state index is -2.84. The van der Waals surface area contributed by atoms with E-state index >= 15 is 0 Å². The van der Waals surface area contributed by atoms with Gasteiger partial charge in [-0.2, -0.15) is 8.78 Å². The molecule has 0 heterocycles. The Morgan fingerprint density at radius 2 is 2.06 bits per heavy atom. The van der Waals surface area contributed by atoms with Crippen molar-refractivity contribution in [2.75, 3.05) is 6.61 Å². The first kappa shape index (κ1) is 15.1. The molecule has 3 N–H and O–H groups in total. The van der Waals surface area contributed by atoms with Crippen molar-refractivity contribution in [3.05, 3.63) is 29.8 Å². The molecular formula is C10H14ClF2NO2. The lowest BCUT2D eigenvalue weighted by Gasteiger charge is -2.12. The van der Waals surface area contributed by atoms with Crippen molar-refractivity contribution in [1.29, 1.82) is 0 Å². The monoisotopic (exact) mass is 253 g/mol. The predicted octanol–water partition coefficient (Wildman–Crippen LogP) is 2.09. The third-order valence-corrected chi connectivity index (χ3v) is 1.95. The number of ether oxygens (including phenoxy) is 1. The maximum atomic E-state index is 11.9. The summed E-state index contributed by atoms with van der Waals surface area (Å²) in [6.45, 7) is -2.88. The Bertz CT molecular complexity index is 313. The van der Waals surface area contributed by atoms with E-state index in [0.29, 0.717) is 12.0 Å². The van der Waals surface area contributed by atoms with Gasteiger partial charge in [-0.1, -0.05) is 12.1 Å². The smallest absolute Gasteiger partial charge is 0.387 e. The van der Waals surface area contributed by atoms with Gasteiger partial charge in [-0.3, -0.25) is 0 Å². The zero-order valence-electron chi connectivity index (χ0n) is 8.48. The van der Waals surface area contributed by atoms with E-state index in [9.17, 15) is 8.78 Å². The summed E-state index contributed by atoms with van der Waals surface area (Å²) >= 11 is 0. The van der Waals surface area contributed by atoms with Gasteiger partial charge in [0.1, 0.15) is 5.75 Å². The summed E-state index contributed by atoms with van der Waals surface area (Å²) in [5, 5.41) is 8.68. The standard InChI is InChI=1S/C10H13F2NO2.ClH/c11-10(12)15-8-3-1-2-7(6-8)9(13)4-5-14;/h1-3,6,9-10,14H,4-5,13H2;1H. The van der Waals surface area contributed by atoms with E-state index in [1.54, 1.807) is 12.1 Å². The van der Waals surface area contributed by atoms with Crippen LogP contribution in [0.1, 0.15) is 18.0 Å². The highest BCUT2D eigenvalue weighted by Gasteiger charge is 2.08. The van der Waals surface area contributed by atoms with Crippen LogP contribution in [0.25, 0.3) is 0 Å². The summed E-state index contributed by atoms with van der Waals surface area (Å²) in [5.74, 6) is 0.0795. The number of halogens is 3. The Hall–Kier alpha value is -0.910. The average Bonchev–Trinajstić information content (AvgIpc) is 2.17. The molecule has 0 aliphatic rings. The topological polar surface area (TPSA) is 55.5 Å². The summed E-state index contributed by atoms with van der Waals surface area (Å²) in [6, 6.07) is 5.81. The average molecular weight is 254 g/mol. The van der Waals surface area contributed by atoms with Crippen molar-refractivity contribution in [1.82, 2.24) is 0 Å². The molecule has 3 nitrogen and oxygen atoms in total. The molecule has 16 heavy (non-hydrogen) atoms. The number of aliphatic hydroxyl groups is 1. The van der Waals surface area contributed by atoms with Crippen LogP contribution in [0.5, 0.6) is 5.75 Å². The number of alkyl halides is 2. The fourth-order valence-electron chi connectivity index (χ4n) is 1.23. The van der Waals surface area contributed by atoms with Crippen molar-refractivity contribution in [3.63, 3.8) is 0 Å². The third-order valence-electron chi connectivity index (χ3n) is 1.95. The Morgan fingerprint density at radius 3 is 2.62 bits per heavy atom. The highest BCUT2D eigenvalue weighted by molar-refractivity contribution is 5.85. The largest absolute Gasteiger partial charge is 0.435 e. The van der Waals surface area contributed by atoms with E-state index in [1.807, 2.05) is 0 Å². The van der Waals surface area contributed by atoms with Crippen LogP contribution in [0.4, 0.5) is 8.78 Å². The molecule has 0 spiro atoms. The molecule has 1 unspecified atom stereocenters. The lowest BCUT2D eigenvalue weighted by Crippen LogP contribution is -2.12. The predicted molar refractivity (Wildman–Crippen MR) is 59.0 cm³/mol. The van der Waals surface area contributed by atoms with Gasteiger partial charge in [0.05, 0.1) is 0 Å². The van der Waals surface area contributed by atoms with Gasteiger partial charge in [-0.25, -0.2) is 0 Å². The lowest BCUT2D eigenvalue weighted by atomic mass is 10.1. The summed E-state index contributed by atoms with van der Waals surface area (Å²) in [5.41, 5.74) is 6.37. The number of benzene rings is 1. The highest BCUT2D eigenvalue weighted by atomic mass is 35.5. The molecule has 0 bridgehead atoms. The molecule has 0 aliphatic carbocycles. The van der Waals surface area contributed by atoms with Crippen LogP contribution in [0.15, 0.2) is 24.3 Å². The van der Waals surface area contributed by atoms with Crippen molar-refractivity contribution < 1.29 is 18.6 Å². The maximum Gasteiger partial charge on any atom is 0.387 e. The Balaban J connectivity index is 0.00000225. The number of aliphatic hydroxyl groups excluding tert-OH is 1. The van der Waals surface area contributed by atoms with Gasteiger partial charge >= 0.3 is 6.61 Å². The van der Waals surface area contributed by atoms with E-state index in [1.165, 1.54) is 12.1 Å². The molecule has 1 atom stereocenters. The molecule has 0 radical (unpaired) electrons. The van der Waals surface area contributed by atoms with Crippen molar-refractivity contribution >= 4 is 12.4 Å². The third kappa shape index (κ3) is 4.74. The fraction of sp³-hybridized carbons (Fsp3) is 0.400. The second-order valence-electron chi connectivity index (χ2n) is 3.07. The second kappa shape index (κ2) is 7.38. The Labute approximate surface area is 98.6 Å². The summed E-state index contributed by atoms with van der Waals surface area (Å²) in [4.78, 5) is 0. The summed E-state index contributed by atoms with van der Waals surface area (Å²) < 4.78 is 28.0. The molecule has 1 aromatic rings. The van der Waals surface area contributed by atoms with E-state index in [-0.39, 0.29) is 30.8 Å². The molecular weight excluding hydrogens is 240 g/mol. The highest BCUT2D eigenvalue weighted by Crippen LogP contribution is 2.20. The van der Waals surface area contributed by atoms with Gasteiger partial charge in [0.25, 0.3) is 0 Å². The van der Waals surface area contributed by atoms with Gasteiger partial charge in [0.15, 0.2) is 0 Å². The van der Waals surface area contributed by atoms with E-state index in [0.717, 1.165) is 0 Å². The molecule has 0 saturated carbocycles. The van der Waals surface area contributed by atoms with E-state index in [2.05, 4.69) is 4.74 Å². The first-order chi connectivity index (χ1) is 7.13. The van der Waals surface area contributed by atoms with Crippen LogP contribution in [-0.4, -0.2) is 18.3 Å². The molecule has 92 valence electrons. The summed E-state index contributed by atoms with van der Waals surface area (Å²) in [6.07, 6.45) is 0.387. The quantitative estimate of drug-likeness (QED) is 0.845. The van der Waals surface area contributed by atoms with Crippen molar-refractivity contribution in [2.24, 2.45) is 5.73 Å². The van der Waals surface area contributed by atoms with Crippen molar-refractivity contribution in [3.8, 4) is 5.75 Å². The zero-order valence-corrected chi connectivity index (χ0v) is 9.29. The summed E-state index contributed by atoms with van der Waals surface area (Å²) in [7, 11) is 0. The van der Waals surface area contributed by atoms with Gasteiger partial charge in [-0.15, -0.1) is 12.4 Å². The van der Waals surface area contributed by atoms with E-state index in [4.69, 9.17) is 10.8 Å². The normalized spacial score (nSPS) is 12.1. The second-order valence-corrected chi connectivity index (χ2v) is 3.07. The molecule has 1 rings (SSSR count). The number of nitrogens with two attached hydrogens (primary N) is 1. The van der Waals surface area contributed by atoms with Crippen LogP contribution in [0.3, 0.4) is 0 Å². The van der Waals surface area contributed by atoms with Crippen LogP contribution < -0.4 is 10.5 Å². The van der Waals surface area contributed by atoms with Crippen molar-refractivity contribution in [2.45, 2.75) is 19.1 Å². The van der Waals surface area contributed by atoms with Gasteiger partial charge in [0.2, 0.25) is 0 Å². The molecule has 0 saturated heterocycles. The SMILES string of the molecule is Cl.NC(CCO)c1cccc(OC(F)F)c1. The number of rotatable bonds is 5. The van der Waals surface area contributed by atoms with Gasteiger partial charge < -0.3 is 15.6 Å². The Morgan fingerprint density at radius 1 is 1.38 bits per heavy atom. The molecule has 0 amide bonds. The van der Waals surface area contributed by atoms with Crippen LogP contribution in [0.2, 0.25) is 0 Å². The van der Waals surface area contributed by atoms with Crippen LogP contribution in [-0.2, 0) is 0 Å². The fourth-order valence-corrected chi connectivity index (χ4v) is 1.23. The van der Waals surface area contributed by atoms with Crippen LogP contribution >= 0.6 is 12.4 Å². The lowest BCUT2D eigenvalue weighted by molar-refractivity contribution is -0.0499. The minimum Gasteiger partial charge on any atom is -0.435 e. The Kier molecular flexibility index (Phi) is 6.96. The molecule has 0 fully saturated rings. The first-order valence-electron chi connectivity index (χ1n) is 4.54. The molecule has 1 aromatic carbocycles. The van der Waals surface area contributed by atoms with Gasteiger partial charge in [-0.05, 0) is 24.1 Å². The first-order valence-corrected chi connectivity index (χ1v) is 4.54. The minimum absolute atomic E-state index is 0. The number of hydrogen-bond donors (Lipinski definition) is 2. The maximum absolute atomic E-state index is 11.9. The van der Waals surface area contributed by atoms with E-state index < -0.39 is 6.61 Å². The molecule has 0 aromatic heterocycles. The zero-order chi connectivity index (χ0) is 11.3. The number of hydrogen-bond acceptors (Lipinski definition) is 3. The van der Waals surface area contributed by atoms with Crippen LogP contribution in [0, 0.1) is 0 Å².